The average Bonchev–Trinajstić information content (AvgIpc) is 2.92. The van der Waals surface area contributed by atoms with Gasteiger partial charge < -0.3 is 10.5 Å². The summed E-state index contributed by atoms with van der Waals surface area (Å²) in [7, 11) is -2.16. The number of nitrogens with one attached hydrogen (secondary N) is 1. The molecule has 0 bridgehead atoms. The van der Waals surface area contributed by atoms with Crippen LogP contribution in [0.2, 0.25) is 0 Å². The first-order valence-corrected chi connectivity index (χ1v) is 8.63. The highest BCUT2D eigenvalue weighted by Crippen LogP contribution is 2.26. The van der Waals surface area contributed by atoms with E-state index in [-0.39, 0.29) is 16.7 Å². The van der Waals surface area contributed by atoms with Crippen LogP contribution >= 0.6 is 0 Å². The summed E-state index contributed by atoms with van der Waals surface area (Å²) in [5, 5.41) is 0. The molecule has 2 rings (SSSR count). The predicted octanol–water partition coefficient (Wildman–Crippen LogP) is 1.04. The Balaban J connectivity index is 2.12. The summed E-state index contributed by atoms with van der Waals surface area (Å²) in [6, 6.07) is 4.82. The smallest absolute Gasteiger partial charge is 0.244 e. The molecule has 0 saturated carbocycles. The number of hydrogen-bond acceptors (Lipinski definition) is 5. The molecule has 1 aliphatic rings. The monoisotopic (exact) mass is 313 g/mol. The van der Waals surface area contributed by atoms with E-state index < -0.39 is 10.0 Å². The third-order valence-electron chi connectivity index (χ3n) is 3.89. The topological polar surface area (TPSA) is 84.7 Å². The quantitative estimate of drug-likeness (QED) is 0.767. The molecule has 0 aliphatic carbocycles. The Morgan fingerprint density at radius 3 is 2.90 bits per heavy atom. The molecule has 1 unspecified atom stereocenters. The summed E-state index contributed by atoms with van der Waals surface area (Å²) >= 11 is 0. The van der Waals surface area contributed by atoms with Crippen LogP contribution in [0.5, 0.6) is 5.75 Å². The van der Waals surface area contributed by atoms with Gasteiger partial charge in [-0.2, -0.15) is 0 Å². The summed E-state index contributed by atoms with van der Waals surface area (Å²) in [6.07, 6.45) is 2.14. The lowest BCUT2D eigenvalue weighted by atomic mass is 10.2. The van der Waals surface area contributed by atoms with Crippen LogP contribution in [0.3, 0.4) is 0 Å². The van der Waals surface area contributed by atoms with Crippen LogP contribution in [-0.4, -0.2) is 46.1 Å². The van der Waals surface area contributed by atoms with Crippen molar-refractivity contribution in [2.75, 3.05) is 32.5 Å². The number of nitrogens with two attached hydrogens (primary N) is 1. The maximum absolute atomic E-state index is 12.4. The number of nitrogen functional groups attached to an aromatic ring is 1. The number of sulfonamides is 1. The number of methoxy groups -OCH3 is 1. The average molecular weight is 313 g/mol. The largest absolute Gasteiger partial charge is 0.495 e. The second-order valence-electron chi connectivity index (χ2n) is 5.19. The molecule has 1 saturated heterocycles. The van der Waals surface area contributed by atoms with Crippen molar-refractivity contribution in [3.8, 4) is 5.75 Å². The molecule has 0 radical (unpaired) electrons. The SMILES string of the molecule is CCN1CCCC1CNS(=O)(=O)c1ccc(N)cc1OC. The first-order chi connectivity index (χ1) is 9.97. The number of hydrogen-bond donors (Lipinski definition) is 2. The molecule has 21 heavy (non-hydrogen) atoms. The van der Waals surface area contributed by atoms with E-state index in [4.69, 9.17) is 10.5 Å². The zero-order chi connectivity index (χ0) is 15.5. The summed E-state index contributed by atoms with van der Waals surface area (Å²) in [4.78, 5) is 2.42. The van der Waals surface area contributed by atoms with Crippen molar-refractivity contribution in [2.24, 2.45) is 0 Å². The second-order valence-corrected chi connectivity index (χ2v) is 6.92. The summed E-state index contributed by atoms with van der Waals surface area (Å²) in [6.45, 7) is 4.49. The Bertz CT molecular complexity index is 589. The molecule has 118 valence electrons. The number of anilines is 1. The second kappa shape index (κ2) is 6.64. The third-order valence-corrected chi connectivity index (χ3v) is 5.35. The lowest BCUT2D eigenvalue weighted by molar-refractivity contribution is 0.268. The molecule has 0 amide bonds. The number of ether oxygens (including phenoxy) is 1. The summed E-state index contributed by atoms with van der Waals surface area (Å²) in [5.41, 5.74) is 6.13. The molecule has 0 aromatic heterocycles. The van der Waals surface area contributed by atoms with Crippen LogP contribution < -0.4 is 15.2 Å². The van der Waals surface area contributed by atoms with Crippen molar-refractivity contribution in [1.82, 2.24) is 9.62 Å². The molecular weight excluding hydrogens is 290 g/mol. The molecule has 1 fully saturated rings. The Kier molecular flexibility index (Phi) is 5.08. The van der Waals surface area contributed by atoms with E-state index in [1.54, 1.807) is 6.07 Å². The van der Waals surface area contributed by atoms with Crippen molar-refractivity contribution in [2.45, 2.75) is 30.7 Å². The van der Waals surface area contributed by atoms with Gasteiger partial charge >= 0.3 is 0 Å². The van der Waals surface area contributed by atoms with Crippen LogP contribution in [-0.2, 0) is 10.0 Å². The Morgan fingerprint density at radius 1 is 1.48 bits per heavy atom. The fourth-order valence-electron chi connectivity index (χ4n) is 2.73. The molecule has 7 heteroatoms. The lowest BCUT2D eigenvalue weighted by Gasteiger charge is -2.23. The predicted molar refractivity (Wildman–Crippen MR) is 82.9 cm³/mol. The zero-order valence-electron chi connectivity index (χ0n) is 12.5. The van der Waals surface area contributed by atoms with E-state index in [0.717, 1.165) is 25.9 Å². The van der Waals surface area contributed by atoms with Gasteiger partial charge in [0.15, 0.2) is 0 Å². The number of rotatable bonds is 6. The fourth-order valence-corrected chi connectivity index (χ4v) is 3.95. The van der Waals surface area contributed by atoms with Crippen molar-refractivity contribution in [3.05, 3.63) is 18.2 Å². The minimum Gasteiger partial charge on any atom is -0.495 e. The van der Waals surface area contributed by atoms with Gasteiger partial charge in [-0.1, -0.05) is 6.92 Å². The van der Waals surface area contributed by atoms with Crippen LogP contribution in [0.25, 0.3) is 0 Å². The van der Waals surface area contributed by atoms with Gasteiger partial charge in [0.1, 0.15) is 10.6 Å². The van der Waals surface area contributed by atoms with Crippen LogP contribution in [0.4, 0.5) is 5.69 Å². The molecule has 1 heterocycles. The lowest BCUT2D eigenvalue weighted by Crippen LogP contribution is -2.40. The summed E-state index contributed by atoms with van der Waals surface area (Å²) < 4.78 is 32.7. The number of benzene rings is 1. The Hall–Kier alpha value is -1.31. The number of nitrogens with zero attached hydrogens (tertiary/aromatic N) is 1. The minimum absolute atomic E-state index is 0.125. The molecule has 3 N–H and O–H groups in total. The molecule has 1 aromatic rings. The van der Waals surface area contributed by atoms with Crippen LogP contribution in [0.15, 0.2) is 23.1 Å². The number of likely N-dealkylation sites (N-methyl/N-ethyl adjacent to an activating group) is 1. The first kappa shape index (κ1) is 16.1. The van der Waals surface area contributed by atoms with Crippen LogP contribution in [0.1, 0.15) is 19.8 Å². The molecule has 1 aromatic carbocycles. The maximum atomic E-state index is 12.4. The number of likely N-dealkylation sites (tertiary alicyclic amines) is 1. The van der Waals surface area contributed by atoms with Gasteiger partial charge in [0, 0.05) is 24.3 Å². The van der Waals surface area contributed by atoms with Gasteiger partial charge in [-0.3, -0.25) is 4.90 Å². The standard InChI is InChI=1S/C14H23N3O3S/c1-3-17-8-4-5-12(17)10-16-21(18,19)14-7-6-11(15)9-13(14)20-2/h6-7,9,12,16H,3-5,8,10,15H2,1-2H3. The van der Waals surface area contributed by atoms with Crippen molar-refractivity contribution in [3.63, 3.8) is 0 Å². The highest BCUT2D eigenvalue weighted by Gasteiger charge is 2.26. The fraction of sp³-hybridized carbons (Fsp3) is 0.571. The van der Waals surface area contributed by atoms with E-state index in [9.17, 15) is 8.42 Å². The summed E-state index contributed by atoms with van der Waals surface area (Å²) in [5.74, 6) is 0.265. The minimum atomic E-state index is -3.60. The van der Waals surface area contributed by atoms with Crippen molar-refractivity contribution >= 4 is 15.7 Å². The van der Waals surface area contributed by atoms with Crippen molar-refractivity contribution < 1.29 is 13.2 Å². The Morgan fingerprint density at radius 2 is 2.24 bits per heavy atom. The van der Waals surface area contributed by atoms with E-state index in [1.165, 1.54) is 19.2 Å². The Labute approximate surface area is 126 Å². The van der Waals surface area contributed by atoms with Gasteiger partial charge in [0.25, 0.3) is 0 Å². The normalized spacial score (nSPS) is 19.8. The molecule has 6 nitrogen and oxygen atoms in total. The highest BCUT2D eigenvalue weighted by atomic mass is 32.2. The van der Waals surface area contributed by atoms with Gasteiger partial charge in [0.05, 0.1) is 7.11 Å². The van der Waals surface area contributed by atoms with Gasteiger partial charge in [0.2, 0.25) is 10.0 Å². The van der Waals surface area contributed by atoms with Gasteiger partial charge in [-0.05, 0) is 38.1 Å². The molecule has 0 spiro atoms. The molecule has 1 atom stereocenters. The van der Waals surface area contributed by atoms with Gasteiger partial charge in [-0.15, -0.1) is 0 Å². The first-order valence-electron chi connectivity index (χ1n) is 7.15. The van der Waals surface area contributed by atoms with E-state index in [1.807, 2.05) is 0 Å². The van der Waals surface area contributed by atoms with Crippen molar-refractivity contribution in [1.29, 1.82) is 0 Å². The van der Waals surface area contributed by atoms with Crippen LogP contribution in [0, 0.1) is 0 Å². The highest BCUT2D eigenvalue weighted by molar-refractivity contribution is 7.89. The third kappa shape index (κ3) is 3.66. The van der Waals surface area contributed by atoms with Gasteiger partial charge in [-0.25, -0.2) is 13.1 Å². The molecule has 1 aliphatic heterocycles. The van der Waals surface area contributed by atoms with E-state index in [0.29, 0.717) is 12.2 Å². The maximum Gasteiger partial charge on any atom is 0.244 e. The van der Waals surface area contributed by atoms with E-state index >= 15 is 0 Å². The zero-order valence-corrected chi connectivity index (χ0v) is 13.3. The molecular formula is C14H23N3O3S. The van der Waals surface area contributed by atoms with E-state index in [2.05, 4.69) is 16.5 Å².